The normalized spacial score (nSPS) is 18.4. The summed E-state index contributed by atoms with van der Waals surface area (Å²) in [6, 6.07) is -0.701. The van der Waals surface area contributed by atoms with Crippen LogP contribution >= 0.6 is 0 Å². The van der Waals surface area contributed by atoms with Crippen LogP contribution in [0.4, 0.5) is 4.79 Å². The minimum atomic E-state index is -0.801. The van der Waals surface area contributed by atoms with Gasteiger partial charge in [0.05, 0.1) is 6.04 Å². The molecular weight excluding hydrogens is 158 g/mol. The fraction of sp³-hybridized carbons (Fsp3) is 0.714. The molecule has 1 aliphatic carbocycles. The minimum Gasteiger partial charge on any atom is -0.351 e. The van der Waals surface area contributed by atoms with E-state index in [9.17, 15) is 9.59 Å². The lowest BCUT2D eigenvalue weighted by Crippen LogP contribution is -2.47. The van der Waals surface area contributed by atoms with Gasteiger partial charge in [0.1, 0.15) is 0 Å². The van der Waals surface area contributed by atoms with Gasteiger partial charge in [-0.1, -0.05) is 0 Å². The third-order valence-electron chi connectivity index (χ3n) is 1.70. The zero-order chi connectivity index (χ0) is 9.14. The molecule has 4 N–H and O–H groups in total. The van der Waals surface area contributed by atoms with Gasteiger partial charge in [0.15, 0.2) is 0 Å². The minimum absolute atomic E-state index is 0.343. The highest BCUT2D eigenvalue weighted by atomic mass is 16.2. The largest absolute Gasteiger partial charge is 0.351 e. The number of amides is 3. The predicted octanol–water partition coefficient (Wildman–Crippen LogP) is -0.678. The summed E-state index contributed by atoms with van der Waals surface area (Å²) < 4.78 is 0. The van der Waals surface area contributed by atoms with Crippen LogP contribution in [0.25, 0.3) is 0 Å². The standard InChI is InChI=1S/C7H13N3O2/c1-4(9-5-2-3-5)6(11)10-7(8)12/h4-5,9H,2-3H2,1H3,(H3,8,10,11,12). The maximum atomic E-state index is 11.0. The first-order valence-corrected chi connectivity index (χ1v) is 3.96. The van der Waals surface area contributed by atoms with Gasteiger partial charge in [-0.05, 0) is 19.8 Å². The Bertz CT molecular complexity index is 201. The van der Waals surface area contributed by atoms with Crippen LogP contribution in [0.1, 0.15) is 19.8 Å². The summed E-state index contributed by atoms with van der Waals surface area (Å²) in [5.74, 6) is -0.366. The van der Waals surface area contributed by atoms with E-state index in [1.54, 1.807) is 6.92 Å². The molecule has 0 aromatic heterocycles. The van der Waals surface area contributed by atoms with E-state index in [4.69, 9.17) is 5.73 Å². The van der Waals surface area contributed by atoms with Crippen molar-refractivity contribution in [2.24, 2.45) is 5.73 Å². The van der Waals surface area contributed by atoms with Gasteiger partial charge in [-0.2, -0.15) is 0 Å². The Morgan fingerprint density at radius 2 is 2.08 bits per heavy atom. The van der Waals surface area contributed by atoms with Crippen molar-refractivity contribution in [3.63, 3.8) is 0 Å². The molecule has 1 unspecified atom stereocenters. The van der Waals surface area contributed by atoms with Crippen LogP contribution in [0, 0.1) is 0 Å². The number of hydrogen-bond donors (Lipinski definition) is 3. The first-order chi connectivity index (χ1) is 5.59. The van der Waals surface area contributed by atoms with Crippen LogP contribution in [0.5, 0.6) is 0 Å². The molecule has 1 rings (SSSR count). The molecule has 3 amide bonds. The molecule has 5 nitrogen and oxygen atoms in total. The Hall–Kier alpha value is -1.10. The van der Waals surface area contributed by atoms with Crippen molar-refractivity contribution in [2.75, 3.05) is 0 Å². The number of hydrogen-bond acceptors (Lipinski definition) is 3. The Labute approximate surface area is 70.7 Å². The highest BCUT2D eigenvalue weighted by Gasteiger charge is 2.25. The van der Waals surface area contributed by atoms with Crippen molar-refractivity contribution in [2.45, 2.75) is 31.8 Å². The van der Waals surface area contributed by atoms with Gasteiger partial charge in [0.25, 0.3) is 0 Å². The molecule has 0 saturated heterocycles. The lowest BCUT2D eigenvalue weighted by atomic mass is 10.3. The molecule has 68 valence electrons. The van der Waals surface area contributed by atoms with Crippen molar-refractivity contribution in [1.82, 2.24) is 10.6 Å². The van der Waals surface area contributed by atoms with Gasteiger partial charge in [-0.15, -0.1) is 0 Å². The van der Waals surface area contributed by atoms with E-state index in [0.717, 1.165) is 12.8 Å². The second-order valence-electron chi connectivity index (χ2n) is 3.02. The lowest BCUT2D eigenvalue weighted by molar-refractivity contribution is -0.121. The molecule has 0 heterocycles. The highest BCUT2D eigenvalue weighted by molar-refractivity contribution is 5.96. The molecule has 0 bridgehead atoms. The van der Waals surface area contributed by atoms with Crippen LogP contribution in [0.2, 0.25) is 0 Å². The Kier molecular flexibility index (Phi) is 2.65. The summed E-state index contributed by atoms with van der Waals surface area (Å²) in [7, 11) is 0. The van der Waals surface area contributed by atoms with Gasteiger partial charge in [0, 0.05) is 6.04 Å². The molecule has 1 atom stereocenters. The predicted molar refractivity (Wildman–Crippen MR) is 43.3 cm³/mol. The SMILES string of the molecule is CC(NC1CC1)C(=O)NC(N)=O. The summed E-state index contributed by atoms with van der Waals surface area (Å²) >= 11 is 0. The summed E-state index contributed by atoms with van der Waals surface area (Å²) in [5, 5.41) is 5.05. The maximum absolute atomic E-state index is 11.0. The highest BCUT2D eigenvalue weighted by Crippen LogP contribution is 2.19. The third kappa shape index (κ3) is 2.87. The molecule has 1 aliphatic rings. The van der Waals surface area contributed by atoms with Crippen molar-refractivity contribution in [1.29, 1.82) is 0 Å². The zero-order valence-electron chi connectivity index (χ0n) is 6.96. The molecule has 0 aromatic rings. The summed E-state index contributed by atoms with van der Waals surface area (Å²) in [4.78, 5) is 21.3. The van der Waals surface area contributed by atoms with E-state index in [0.29, 0.717) is 6.04 Å². The van der Waals surface area contributed by atoms with Crippen LogP contribution in [0.3, 0.4) is 0 Å². The number of rotatable bonds is 3. The molecule has 0 aromatic carbocycles. The Balaban J connectivity index is 2.24. The molecule has 12 heavy (non-hydrogen) atoms. The monoisotopic (exact) mass is 171 g/mol. The van der Waals surface area contributed by atoms with Crippen LogP contribution in [-0.2, 0) is 4.79 Å². The molecule has 0 radical (unpaired) electrons. The first-order valence-electron chi connectivity index (χ1n) is 3.96. The molecule has 1 saturated carbocycles. The average molecular weight is 171 g/mol. The molecule has 5 heteroatoms. The number of carbonyl (C=O) groups is 2. The maximum Gasteiger partial charge on any atom is 0.318 e. The number of primary amides is 1. The van der Waals surface area contributed by atoms with Crippen LogP contribution in [-0.4, -0.2) is 24.0 Å². The summed E-state index contributed by atoms with van der Waals surface area (Å²) in [6.45, 7) is 1.70. The smallest absolute Gasteiger partial charge is 0.318 e. The number of urea groups is 1. The van der Waals surface area contributed by atoms with Crippen molar-refractivity contribution >= 4 is 11.9 Å². The molecule has 0 spiro atoms. The number of nitrogens with one attached hydrogen (secondary N) is 2. The quantitative estimate of drug-likeness (QED) is 0.526. The second kappa shape index (κ2) is 3.53. The zero-order valence-corrected chi connectivity index (χ0v) is 6.96. The van der Waals surface area contributed by atoms with E-state index in [1.807, 2.05) is 5.32 Å². The van der Waals surface area contributed by atoms with E-state index in [-0.39, 0.29) is 11.9 Å². The van der Waals surface area contributed by atoms with Gasteiger partial charge >= 0.3 is 6.03 Å². The van der Waals surface area contributed by atoms with Gasteiger partial charge in [0.2, 0.25) is 5.91 Å². The Morgan fingerprint density at radius 1 is 1.50 bits per heavy atom. The molecular formula is C7H13N3O2. The lowest BCUT2D eigenvalue weighted by Gasteiger charge is -2.10. The molecule has 0 aliphatic heterocycles. The van der Waals surface area contributed by atoms with Crippen LogP contribution < -0.4 is 16.4 Å². The average Bonchev–Trinajstić information content (AvgIpc) is 2.70. The molecule has 1 fully saturated rings. The Morgan fingerprint density at radius 3 is 2.50 bits per heavy atom. The van der Waals surface area contributed by atoms with E-state index in [2.05, 4.69) is 5.32 Å². The van der Waals surface area contributed by atoms with Gasteiger partial charge in [-0.25, -0.2) is 4.79 Å². The third-order valence-corrected chi connectivity index (χ3v) is 1.70. The van der Waals surface area contributed by atoms with Crippen molar-refractivity contribution < 1.29 is 9.59 Å². The van der Waals surface area contributed by atoms with E-state index < -0.39 is 6.03 Å². The number of carbonyl (C=O) groups excluding carboxylic acids is 2. The number of imide groups is 1. The fourth-order valence-corrected chi connectivity index (χ4v) is 0.909. The van der Waals surface area contributed by atoms with Crippen LogP contribution in [0.15, 0.2) is 0 Å². The van der Waals surface area contributed by atoms with Crippen molar-refractivity contribution in [3.8, 4) is 0 Å². The first kappa shape index (κ1) is 8.99. The fourth-order valence-electron chi connectivity index (χ4n) is 0.909. The van der Waals surface area contributed by atoms with Gasteiger partial charge in [-0.3, -0.25) is 10.1 Å². The second-order valence-corrected chi connectivity index (χ2v) is 3.02. The van der Waals surface area contributed by atoms with E-state index in [1.165, 1.54) is 0 Å². The van der Waals surface area contributed by atoms with Crippen molar-refractivity contribution in [3.05, 3.63) is 0 Å². The number of nitrogens with two attached hydrogens (primary N) is 1. The van der Waals surface area contributed by atoms with E-state index >= 15 is 0 Å². The summed E-state index contributed by atoms with van der Waals surface area (Å²) in [6.07, 6.45) is 2.21. The topological polar surface area (TPSA) is 84.2 Å². The van der Waals surface area contributed by atoms with Gasteiger partial charge < -0.3 is 11.1 Å². The summed E-state index contributed by atoms with van der Waals surface area (Å²) in [5.41, 5.74) is 4.78.